The summed E-state index contributed by atoms with van der Waals surface area (Å²) in [5, 5.41) is 3.29. The van der Waals surface area contributed by atoms with Gasteiger partial charge in [0.25, 0.3) is 10.2 Å². The number of hydrogen-bond donors (Lipinski definition) is 2. The van der Waals surface area contributed by atoms with Gasteiger partial charge in [0.05, 0.1) is 0 Å². The molecule has 1 saturated heterocycles. The molecule has 1 heterocycles. The second-order valence-electron chi connectivity index (χ2n) is 5.46. The molecule has 1 aliphatic rings. The van der Waals surface area contributed by atoms with E-state index in [-0.39, 0.29) is 0 Å². The first-order chi connectivity index (χ1) is 8.40. The zero-order chi connectivity index (χ0) is 13.8. The van der Waals surface area contributed by atoms with E-state index >= 15 is 0 Å². The molecule has 1 fully saturated rings. The maximum atomic E-state index is 12.1. The Morgan fingerprint density at radius 3 is 2.56 bits per heavy atom. The Hall–Kier alpha value is -0.170. The highest BCUT2D eigenvalue weighted by molar-refractivity contribution is 7.87. The smallest absolute Gasteiger partial charge is 0.279 e. The van der Waals surface area contributed by atoms with Crippen LogP contribution in [-0.2, 0) is 10.2 Å². The van der Waals surface area contributed by atoms with Gasteiger partial charge in [-0.3, -0.25) is 0 Å². The Kier molecular flexibility index (Phi) is 6.04. The van der Waals surface area contributed by atoms with E-state index in [1.165, 1.54) is 0 Å². The van der Waals surface area contributed by atoms with Crippen molar-refractivity contribution in [3.8, 4) is 0 Å². The van der Waals surface area contributed by atoms with Crippen molar-refractivity contribution in [1.82, 2.24) is 14.3 Å². The lowest BCUT2D eigenvalue weighted by Crippen LogP contribution is -2.53. The molecule has 2 atom stereocenters. The van der Waals surface area contributed by atoms with Crippen molar-refractivity contribution in [3.63, 3.8) is 0 Å². The summed E-state index contributed by atoms with van der Waals surface area (Å²) in [5.41, 5.74) is 0. The zero-order valence-electron chi connectivity index (χ0n) is 11.9. The molecule has 0 aliphatic carbocycles. The third-order valence-corrected chi connectivity index (χ3v) is 5.15. The van der Waals surface area contributed by atoms with Crippen molar-refractivity contribution < 1.29 is 8.42 Å². The first-order valence-electron chi connectivity index (χ1n) is 6.82. The molecule has 108 valence electrons. The minimum Gasteiger partial charge on any atom is -0.317 e. The second-order valence-corrected chi connectivity index (χ2v) is 7.21. The quantitative estimate of drug-likeness (QED) is 0.755. The predicted molar refractivity (Wildman–Crippen MR) is 74.6 cm³/mol. The molecule has 0 amide bonds. The Bertz CT molecular complexity index is 343. The minimum atomic E-state index is -3.30. The summed E-state index contributed by atoms with van der Waals surface area (Å²) < 4.78 is 28.6. The van der Waals surface area contributed by atoms with Crippen LogP contribution in [0.2, 0.25) is 0 Å². The summed E-state index contributed by atoms with van der Waals surface area (Å²) in [4.78, 5) is 0. The Morgan fingerprint density at radius 1 is 1.39 bits per heavy atom. The fraction of sp³-hybridized carbons (Fsp3) is 1.00. The summed E-state index contributed by atoms with van der Waals surface area (Å²) in [5.74, 6) is 0.732. The largest absolute Gasteiger partial charge is 0.317 e. The van der Waals surface area contributed by atoms with Gasteiger partial charge >= 0.3 is 0 Å². The van der Waals surface area contributed by atoms with Crippen LogP contribution in [0.25, 0.3) is 0 Å². The summed E-state index contributed by atoms with van der Waals surface area (Å²) in [6, 6.07) is 0.437. The summed E-state index contributed by atoms with van der Waals surface area (Å²) in [6.45, 7) is 7.86. The first kappa shape index (κ1) is 15.9. The van der Waals surface area contributed by atoms with Gasteiger partial charge in [0.15, 0.2) is 0 Å². The maximum absolute atomic E-state index is 12.1. The van der Waals surface area contributed by atoms with Crippen molar-refractivity contribution >= 4 is 10.2 Å². The van der Waals surface area contributed by atoms with Gasteiger partial charge in [-0.05, 0) is 25.3 Å². The molecule has 0 aromatic heterocycles. The van der Waals surface area contributed by atoms with Crippen LogP contribution in [0.5, 0.6) is 0 Å². The normalized spacial score (nSPS) is 26.7. The van der Waals surface area contributed by atoms with E-state index in [0.29, 0.717) is 37.5 Å². The third-order valence-electron chi connectivity index (χ3n) is 3.61. The molecule has 5 nitrogen and oxygen atoms in total. The van der Waals surface area contributed by atoms with Crippen molar-refractivity contribution in [3.05, 3.63) is 0 Å². The van der Waals surface area contributed by atoms with Gasteiger partial charge in [-0.1, -0.05) is 27.2 Å². The maximum Gasteiger partial charge on any atom is 0.279 e. The van der Waals surface area contributed by atoms with Crippen LogP contribution in [-0.4, -0.2) is 45.4 Å². The van der Waals surface area contributed by atoms with E-state index in [4.69, 9.17) is 0 Å². The third kappa shape index (κ3) is 4.19. The number of nitrogens with one attached hydrogen (secondary N) is 2. The van der Waals surface area contributed by atoms with Crippen LogP contribution >= 0.6 is 0 Å². The van der Waals surface area contributed by atoms with Gasteiger partial charge in [0.1, 0.15) is 0 Å². The van der Waals surface area contributed by atoms with Crippen LogP contribution in [0.3, 0.4) is 0 Å². The summed E-state index contributed by atoms with van der Waals surface area (Å²) >= 11 is 0. The highest BCUT2D eigenvalue weighted by atomic mass is 32.2. The molecular weight excluding hydrogens is 250 g/mol. The van der Waals surface area contributed by atoms with E-state index in [1.807, 2.05) is 20.9 Å². The molecule has 0 aromatic rings. The zero-order valence-corrected chi connectivity index (χ0v) is 12.8. The molecule has 0 spiro atoms. The molecule has 2 unspecified atom stereocenters. The highest BCUT2D eigenvalue weighted by Gasteiger charge is 2.32. The van der Waals surface area contributed by atoms with E-state index in [9.17, 15) is 8.42 Å². The molecule has 2 N–H and O–H groups in total. The molecule has 6 heteroatoms. The van der Waals surface area contributed by atoms with Crippen molar-refractivity contribution in [2.45, 2.75) is 39.7 Å². The average Bonchev–Trinajstić information content (AvgIpc) is 2.35. The van der Waals surface area contributed by atoms with Crippen molar-refractivity contribution in [2.24, 2.45) is 11.8 Å². The van der Waals surface area contributed by atoms with Gasteiger partial charge in [-0.25, -0.2) is 4.72 Å². The van der Waals surface area contributed by atoms with Gasteiger partial charge in [-0.15, -0.1) is 0 Å². The molecule has 1 aliphatic heterocycles. The monoisotopic (exact) mass is 277 g/mol. The lowest BCUT2D eigenvalue weighted by Gasteiger charge is -2.37. The summed E-state index contributed by atoms with van der Waals surface area (Å²) in [6.07, 6.45) is 1.89. The molecule has 0 bridgehead atoms. The predicted octanol–water partition coefficient (Wildman–Crippen LogP) is 0.797. The van der Waals surface area contributed by atoms with Crippen LogP contribution in [0.4, 0.5) is 0 Å². The van der Waals surface area contributed by atoms with Gasteiger partial charge < -0.3 is 5.32 Å². The van der Waals surface area contributed by atoms with Crippen LogP contribution in [0.15, 0.2) is 0 Å². The van der Waals surface area contributed by atoms with Gasteiger partial charge in [0, 0.05) is 25.7 Å². The highest BCUT2D eigenvalue weighted by Crippen LogP contribution is 2.21. The fourth-order valence-corrected chi connectivity index (χ4v) is 3.83. The second kappa shape index (κ2) is 6.84. The Labute approximate surface area is 112 Å². The molecule has 18 heavy (non-hydrogen) atoms. The van der Waals surface area contributed by atoms with E-state index in [2.05, 4.69) is 17.0 Å². The number of rotatable bonds is 6. The molecule has 0 saturated carbocycles. The van der Waals surface area contributed by atoms with Crippen LogP contribution in [0.1, 0.15) is 33.6 Å². The summed E-state index contributed by atoms with van der Waals surface area (Å²) in [7, 11) is -1.34. The molecule has 1 rings (SSSR count). The topological polar surface area (TPSA) is 61.4 Å². The molecule has 0 aromatic carbocycles. The number of piperidine rings is 1. The van der Waals surface area contributed by atoms with Crippen LogP contribution in [0, 0.1) is 11.8 Å². The van der Waals surface area contributed by atoms with E-state index < -0.39 is 10.2 Å². The van der Waals surface area contributed by atoms with Crippen molar-refractivity contribution in [1.29, 1.82) is 0 Å². The van der Waals surface area contributed by atoms with Crippen LogP contribution < -0.4 is 10.0 Å². The number of hydrogen-bond acceptors (Lipinski definition) is 3. The minimum absolute atomic E-state index is 0.330. The Balaban J connectivity index is 2.62. The number of nitrogens with zero attached hydrogens (tertiary/aromatic N) is 1. The SMILES string of the molecule is CCC1CN(S(=O)(=O)NCC(C)C)CCC1NC. The molecule has 0 radical (unpaired) electrons. The lowest BCUT2D eigenvalue weighted by molar-refractivity contribution is 0.207. The lowest BCUT2D eigenvalue weighted by atomic mass is 9.91. The van der Waals surface area contributed by atoms with Gasteiger partial charge in [-0.2, -0.15) is 12.7 Å². The average molecular weight is 277 g/mol. The standard InChI is InChI=1S/C12H27N3O2S/c1-5-11-9-15(7-6-12(11)13-4)18(16,17)14-8-10(2)3/h10-14H,5-9H2,1-4H3. The van der Waals surface area contributed by atoms with Gasteiger partial charge in [0.2, 0.25) is 0 Å². The van der Waals surface area contributed by atoms with E-state index in [1.54, 1.807) is 4.31 Å². The van der Waals surface area contributed by atoms with Crippen molar-refractivity contribution in [2.75, 3.05) is 26.7 Å². The molecular formula is C12H27N3O2S. The van der Waals surface area contributed by atoms with E-state index in [0.717, 1.165) is 12.8 Å². The Morgan fingerprint density at radius 2 is 2.06 bits per heavy atom. The first-order valence-corrected chi connectivity index (χ1v) is 8.26. The fourth-order valence-electron chi connectivity index (χ4n) is 2.37.